The summed E-state index contributed by atoms with van der Waals surface area (Å²) in [7, 11) is 0. The molecule has 1 aliphatic heterocycles. The Bertz CT molecular complexity index is 735. The number of amides is 2. The molecule has 0 atom stereocenters. The summed E-state index contributed by atoms with van der Waals surface area (Å²) in [4.78, 5) is 37.1. The molecule has 0 saturated heterocycles. The van der Waals surface area contributed by atoms with Crippen LogP contribution in [0.3, 0.4) is 0 Å². The van der Waals surface area contributed by atoms with E-state index >= 15 is 0 Å². The smallest absolute Gasteiger partial charge is 0.266 e. The molecule has 0 radical (unpaired) electrons. The lowest BCUT2D eigenvalue weighted by Gasteiger charge is -2.17. The van der Waals surface area contributed by atoms with Gasteiger partial charge in [-0.2, -0.15) is 0 Å². The minimum absolute atomic E-state index is 0.0366. The van der Waals surface area contributed by atoms with Crippen LogP contribution in [0.1, 0.15) is 26.3 Å². The SMILES string of the molecule is O=C(Cl)Cc1ccccc1N1C(=O)c2ccccc2C1=O. The molecule has 104 valence electrons. The highest BCUT2D eigenvalue weighted by Crippen LogP contribution is 2.31. The lowest BCUT2D eigenvalue weighted by molar-refractivity contribution is -0.111. The van der Waals surface area contributed by atoms with Crippen LogP contribution in [-0.2, 0) is 11.2 Å². The van der Waals surface area contributed by atoms with Crippen LogP contribution in [0.25, 0.3) is 0 Å². The van der Waals surface area contributed by atoms with Crippen molar-refractivity contribution in [3.05, 3.63) is 65.2 Å². The average molecular weight is 300 g/mol. The van der Waals surface area contributed by atoms with Crippen molar-refractivity contribution in [3.63, 3.8) is 0 Å². The summed E-state index contributed by atoms with van der Waals surface area (Å²) in [5, 5.41) is -0.543. The lowest BCUT2D eigenvalue weighted by Crippen LogP contribution is -2.30. The minimum atomic E-state index is -0.543. The number of rotatable bonds is 3. The van der Waals surface area contributed by atoms with Gasteiger partial charge in [-0.3, -0.25) is 14.4 Å². The molecule has 0 aromatic heterocycles. The second-order valence-corrected chi connectivity index (χ2v) is 5.07. The van der Waals surface area contributed by atoms with Crippen LogP contribution in [0.5, 0.6) is 0 Å². The zero-order chi connectivity index (χ0) is 15.0. The van der Waals surface area contributed by atoms with Crippen molar-refractivity contribution in [2.24, 2.45) is 0 Å². The number of hydrogen-bond acceptors (Lipinski definition) is 3. The number of carbonyl (C=O) groups excluding carboxylic acids is 3. The van der Waals surface area contributed by atoms with Crippen molar-refractivity contribution in [3.8, 4) is 0 Å². The summed E-state index contributed by atoms with van der Waals surface area (Å²) in [6.07, 6.45) is -0.0366. The predicted molar refractivity (Wildman–Crippen MR) is 78.6 cm³/mol. The molecule has 0 bridgehead atoms. The third kappa shape index (κ3) is 2.23. The van der Waals surface area contributed by atoms with Gasteiger partial charge in [-0.25, -0.2) is 4.90 Å². The summed E-state index contributed by atoms with van der Waals surface area (Å²) in [6.45, 7) is 0. The van der Waals surface area contributed by atoms with E-state index in [9.17, 15) is 14.4 Å². The molecule has 5 heteroatoms. The Morgan fingerprint density at radius 1 is 0.905 bits per heavy atom. The van der Waals surface area contributed by atoms with E-state index in [-0.39, 0.29) is 18.2 Å². The van der Waals surface area contributed by atoms with Gasteiger partial charge < -0.3 is 0 Å². The van der Waals surface area contributed by atoms with Gasteiger partial charge in [-0.05, 0) is 35.4 Å². The zero-order valence-corrected chi connectivity index (χ0v) is 11.6. The van der Waals surface area contributed by atoms with Gasteiger partial charge in [0.1, 0.15) is 0 Å². The quantitative estimate of drug-likeness (QED) is 0.647. The first kappa shape index (κ1) is 13.5. The molecule has 0 aliphatic carbocycles. The fraction of sp³-hybridized carbons (Fsp3) is 0.0625. The molecule has 0 fully saturated rings. The highest BCUT2D eigenvalue weighted by Gasteiger charge is 2.37. The molecular weight excluding hydrogens is 290 g/mol. The van der Waals surface area contributed by atoms with Gasteiger partial charge in [-0.1, -0.05) is 30.3 Å². The van der Waals surface area contributed by atoms with Crippen molar-refractivity contribution in [1.29, 1.82) is 0 Å². The van der Waals surface area contributed by atoms with Gasteiger partial charge in [0.25, 0.3) is 11.8 Å². The molecule has 21 heavy (non-hydrogen) atoms. The first-order valence-corrected chi connectivity index (χ1v) is 6.71. The first-order valence-electron chi connectivity index (χ1n) is 6.33. The van der Waals surface area contributed by atoms with Gasteiger partial charge >= 0.3 is 0 Å². The highest BCUT2D eigenvalue weighted by atomic mass is 35.5. The Morgan fingerprint density at radius 3 is 2.00 bits per heavy atom. The number of imide groups is 1. The molecule has 4 nitrogen and oxygen atoms in total. The number of fused-ring (bicyclic) bond motifs is 1. The van der Waals surface area contributed by atoms with E-state index in [1.54, 1.807) is 48.5 Å². The van der Waals surface area contributed by atoms with Gasteiger partial charge in [0.2, 0.25) is 5.24 Å². The number of nitrogens with zero attached hydrogens (tertiary/aromatic N) is 1. The molecule has 1 aliphatic rings. The molecular formula is C16H10ClNO3. The monoisotopic (exact) mass is 299 g/mol. The largest absolute Gasteiger partial charge is 0.281 e. The first-order chi connectivity index (χ1) is 10.1. The predicted octanol–water partition coefficient (Wildman–Crippen LogP) is 2.80. The maximum Gasteiger partial charge on any atom is 0.266 e. The van der Waals surface area contributed by atoms with Gasteiger partial charge in [0.15, 0.2) is 0 Å². The molecule has 0 spiro atoms. The fourth-order valence-electron chi connectivity index (χ4n) is 2.44. The maximum atomic E-state index is 12.4. The molecule has 0 N–H and O–H groups in total. The summed E-state index contributed by atoms with van der Waals surface area (Å²) in [5.41, 5.74) is 1.69. The van der Waals surface area contributed by atoms with Crippen LogP contribution in [0, 0.1) is 0 Å². The molecule has 2 amide bonds. The molecule has 2 aromatic rings. The van der Waals surface area contributed by atoms with Crippen LogP contribution in [0.4, 0.5) is 5.69 Å². The normalized spacial score (nSPS) is 13.5. The van der Waals surface area contributed by atoms with Crippen LogP contribution in [-0.4, -0.2) is 17.1 Å². The third-order valence-corrected chi connectivity index (χ3v) is 3.49. The van der Waals surface area contributed by atoms with E-state index in [1.165, 1.54) is 0 Å². The summed E-state index contributed by atoms with van der Waals surface area (Å²) >= 11 is 5.43. The molecule has 1 heterocycles. The van der Waals surface area contributed by atoms with Crippen LogP contribution >= 0.6 is 11.6 Å². The van der Waals surface area contributed by atoms with E-state index in [0.717, 1.165) is 4.90 Å². The number of para-hydroxylation sites is 1. The van der Waals surface area contributed by atoms with E-state index in [2.05, 4.69) is 0 Å². The summed E-state index contributed by atoms with van der Waals surface area (Å²) < 4.78 is 0. The van der Waals surface area contributed by atoms with E-state index in [1.807, 2.05) is 0 Å². The van der Waals surface area contributed by atoms with Crippen LogP contribution < -0.4 is 4.90 Å². The second kappa shape index (κ2) is 5.14. The lowest BCUT2D eigenvalue weighted by atomic mass is 10.1. The molecule has 2 aromatic carbocycles. The van der Waals surface area contributed by atoms with Crippen LogP contribution in [0.15, 0.2) is 48.5 Å². The maximum absolute atomic E-state index is 12.4. The Labute approximate surface area is 125 Å². The van der Waals surface area contributed by atoms with Gasteiger partial charge in [0, 0.05) is 6.42 Å². The Hall–Kier alpha value is -2.46. The zero-order valence-electron chi connectivity index (χ0n) is 10.9. The van der Waals surface area contributed by atoms with Crippen molar-refractivity contribution >= 4 is 34.3 Å². The number of halogens is 1. The summed E-state index contributed by atoms with van der Waals surface area (Å²) in [6, 6.07) is 13.4. The number of hydrogen-bond donors (Lipinski definition) is 0. The second-order valence-electron chi connectivity index (χ2n) is 4.65. The molecule has 3 rings (SSSR count). The Morgan fingerprint density at radius 2 is 1.43 bits per heavy atom. The fourth-order valence-corrected chi connectivity index (χ4v) is 2.58. The average Bonchev–Trinajstić information content (AvgIpc) is 2.72. The van der Waals surface area contributed by atoms with E-state index in [0.29, 0.717) is 22.4 Å². The van der Waals surface area contributed by atoms with Crippen LogP contribution in [0.2, 0.25) is 0 Å². The molecule has 0 saturated carbocycles. The van der Waals surface area contributed by atoms with Crippen molar-refractivity contribution in [2.45, 2.75) is 6.42 Å². The third-order valence-electron chi connectivity index (χ3n) is 3.36. The van der Waals surface area contributed by atoms with Crippen molar-refractivity contribution < 1.29 is 14.4 Å². The van der Waals surface area contributed by atoms with E-state index < -0.39 is 5.24 Å². The summed E-state index contributed by atoms with van der Waals surface area (Å²) in [5.74, 6) is -0.768. The number of benzene rings is 2. The topological polar surface area (TPSA) is 54.5 Å². The number of anilines is 1. The Kier molecular flexibility index (Phi) is 3.31. The van der Waals surface area contributed by atoms with Crippen molar-refractivity contribution in [2.75, 3.05) is 4.90 Å². The Balaban J connectivity index is 2.09. The van der Waals surface area contributed by atoms with E-state index in [4.69, 9.17) is 11.6 Å². The van der Waals surface area contributed by atoms with Gasteiger partial charge in [-0.15, -0.1) is 0 Å². The molecule has 0 unspecified atom stereocenters. The van der Waals surface area contributed by atoms with Crippen molar-refractivity contribution in [1.82, 2.24) is 0 Å². The minimum Gasteiger partial charge on any atom is -0.281 e. The number of carbonyl (C=O) groups is 3. The van der Waals surface area contributed by atoms with Gasteiger partial charge in [0.05, 0.1) is 16.8 Å². The highest BCUT2D eigenvalue weighted by molar-refractivity contribution is 6.63. The standard InChI is InChI=1S/C16H10ClNO3/c17-14(19)9-10-5-1-4-8-13(10)18-15(20)11-6-2-3-7-12(11)16(18)21/h1-8H,9H2.